The molecule has 0 saturated carbocycles. The molecule has 2 aromatic heterocycles. The molecule has 0 aliphatic heterocycles. The predicted octanol–water partition coefficient (Wildman–Crippen LogP) is 4.69. The van der Waals surface area contributed by atoms with Crippen molar-refractivity contribution in [3.63, 3.8) is 0 Å². The van der Waals surface area contributed by atoms with Crippen LogP contribution in [0.15, 0.2) is 62.6 Å². The van der Waals surface area contributed by atoms with Crippen molar-refractivity contribution >= 4 is 34.0 Å². The first-order chi connectivity index (χ1) is 10.9. The fourth-order valence-corrected chi connectivity index (χ4v) is 3.10. The summed E-state index contributed by atoms with van der Waals surface area (Å²) in [5.41, 5.74) is 3.51. The molecule has 4 aromatic rings. The zero-order valence-corrected chi connectivity index (χ0v) is 12.7. The standard InChI is InChI=1S/C17H14N2O2S/c1-3-8-14-12(6-1)18-16(20-14)10-5-11-22-17-19-13-7-2-4-9-15(13)21-17/h1-4,6-9H,5,10-11H2. The number of aryl methyl sites for hydroxylation is 1. The van der Waals surface area contributed by atoms with Crippen molar-refractivity contribution in [2.24, 2.45) is 0 Å². The van der Waals surface area contributed by atoms with E-state index in [2.05, 4.69) is 9.97 Å². The molecule has 4 nitrogen and oxygen atoms in total. The van der Waals surface area contributed by atoms with E-state index in [0.29, 0.717) is 0 Å². The molecule has 110 valence electrons. The maximum Gasteiger partial charge on any atom is 0.256 e. The van der Waals surface area contributed by atoms with E-state index in [9.17, 15) is 0 Å². The molecule has 5 heteroatoms. The minimum Gasteiger partial charge on any atom is -0.441 e. The summed E-state index contributed by atoms with van der Waals surface area (Å²) in [6.07, 6.45) is 1.79. The number of thioether (sulfide) groups is 1. The van der Waals surface area contributed by atoms with Gasteiger partial charge in [0.05, 0.1) is 0 Å². The summed E-state index contributed by atoms with van der Waals surface area (Å²) in [7, 11) is 0. The van der Waals surface area contributed by atoms with Gasteiger partial charge in [0.25, 0.3) is 5.22 Å². The molecule has 0 spiro atoms. The van der Waals surface area contributed by atoms with Gasteiger partial charge in [-0.3, -0.25) is 0 Å². The third kappa shape index (κ3) is 2.72. The second kappa shape index (κ2) is 5.85. The van der Waals surface area contributed by atoms with Gasteiger partial charge in [0.2, 0.25) is 0 Å². The van der Waals surface area contributed by atoms with E-state index in [4.69, 9.17) is 8.83 Å². The number of aromatic nitrogens is 2. The molecule has 0 atom stereocenters. The number of rotatable bonds is 5. The van der Waals surface area contributed by atoms with E-state index >= 15 is 0 Å². The Hall–Kier alpha value is -2.27. The van der Waals surface area contributed by atoms with Crippen LogP contribution in [0.25, 0.3) is 22.2 Å². The van der Waals surface area contributed by atoms with Crippen molar-refractivity contribution in [1.82, 2.24) is 9.97 Å². The molecule has 0 radical (unpaired) electrons. The first-order valence-corrected chi connectivity index (χ1v) is 8.20. The Morgan fingerprint density at radius 1 is 0.818 bits per heavy atom. The molecule has 0 fully saturated rings. The summed E-state index contributed by atoms with van der Waals surface area (Å²) in [5, 5.41) is 0.721. The number of hydrogen-bond donors (Lipinski definition) is 0. The zero-order valence-electron chi connectivity index (χ0n) is 11.9. The zero-order chi connectivity index (χ0) is 14.8. The van der Waals surface area contributed by atoms with Crippen LogP contribution in [-0.4, -0.2) is 15.7 Å². The SMILES string of the molecule is c1ccc2oc(CCCSc3nc4ccccc4o3)nc2c1. The number of oxazole rings is 2. The molecule has 2 heterocycles. The maximum absolute atomic E-state index is 5.71. The number of benzene rings is 2. The number of para-hydroxylation sites is 4. The third-order valence-corrected chi connectivity index (χ3v) is 4.29. The minimum absolute atomic E-state index is 0.721. The van der Waals surface area contributed by atoms with Gasteiger partial charge in [-0.05, 0) is 30.7 Å². The molecule has 0 saturated heterocycles. The Bertz CT molecular complexity index is 771. The van der Waals surface area contributed by atoms with Gasteiger partial charge in [-0.2, -0.15) is 0 Å². The summed E-state index contributed by atoms with van der Waals surface area (Å²) in [5.74, 6) is 1.71. The average molecular weight is 310 g/mol. The monoisotopic (exact) mass is 310 g/mol. The van der Waals surface area contributed by atoms with Crippen molar-refractivity contribution < 1.29 is 8.83 Å². The highest BCUT2D eigenvalue weighted by molar-refractivity contribution is 7.99. The number of nitrogens with zero attached hydrogens (tertiary/aromatic N) is 2. The van der Waals surface area contributed by atoms with Crippen LogP contribution in [0.1, 0.15) is 12.3 Å². The molecule has 0 aliphatic carbocycles. The fourth-order valence-electron chi connectivity index (χ4n) is 2.32. The normalized spacial score (nSPS) is 11.5. The highest BCUT2D eigenvalue weighted by atomic mass is 32.2. The Morgan fingerprint density at radius 2 is 1.50 bits per heavy atom. The summed E-state index contributed by atoms with van der Waals surface area (Å²) < 4.78 is 11.4. The molecule has 0 aliphatic rings. The smallest absolute Gasteiger partial charge is 0.256 e. The topological polar surface area (TPSA) is 52.1 Å². The van der Waals surface area contributed by atoms with Crippen molar-refractivity contribution in [3.05, 3.63) is 54.4 Å². The number of fused-ring (bicyclic) bond motifs is 2. The quantitative estimate of drug-likeness (QED) is 0.395. The van der Waals surface area contributed by atoms with Gasteiger partial charge in [-0.15, -0.1) is 0 Å². The lowest BCUT2D eigenvalue weighted by Crippen LogP contribution is -1.87. The van der Waals surface area contributed by atoms with Gasteiger partial charge in [-0.25, -0.2) is 9.97 Å². The van der Waals surface area contributed by atoms with Crippen LogP contribution >= 0.6 is 11.8 Å². The molecule has 0 bridgehead atoms. The van der Waals surface area contributed by atoms with E-state index in [-0.39, 0.29) is 0 Å². The lowest BCUT2D eigenvalue weighted by Gasteiger charge is -1.95. The molecule has 0 unspecified atom stereocenters. The molecule has 0 amide bonds. The summed E-state index contributed by atoms with van der Waals surface area (Å²) >= 11 is 1.63. The largest absolute Gasteiger partial charge is 0.441 e. The van der Waals surface area contributed by atoms with Gasteiger partial charge in [0.1, 0.15) is 11.0 Å². The van der Waals surface area contributed by atoms with E-state index in [1.54, 1.807) is 11.8 Å². The van der Waals surface area contributed by atoms with E-state index in [1.807, 2.05) is 48.5 Å². The van der Waals surface area contributed by atoms with Crippen LogP contribution < -0.4 is 0 Å². The minimum atomic E-state index is 0.721. The fraction of sp³-hybridized carbons (Fsp3) is 0.176. The number of hydrogen-bond acceptors (Lipinski definition) is 5. The summed E-state index contributed by atoms with van der Waals surface area (Å²) in [6.45, 7) is 0. The maximum atomic E-state index is 5.71. The van der Waals surface area contributed by atoms with Crippen LogP contribution in [0.2, 0.25) is 0 Å². The van der Waals surface area contributed by atoms with E-state index in [0.717, 1.165) is 51.9 Å². The van der Waals surface area contributed by atoms with Gasteiger partial charge in [0.15, 0.2) is 17.1 Å². The molecule has 0 N–H and O–H groups in total. The van der Waals surface area contributed by atoms with Crippen LogP contribution in [0.5, 0.6) is 0 Å². The van der Waals surface area contributed by atoms with Gasteiger partial charge in [-0.1, -0.05) is 36.0 Å². The van der Waals surface area contributed by atoms with Crippen molar-refractivity contribution in [1.29, 1.82) is 0 Å². The van der Waals surface area contributed by atoms with Crippen LogP contribution in [0.4, 0.5) is 0 Å². The van der Waals surface area contributed by atoms with Crippen LogP contribution in [0, 0.1) is 0 Å². The summed E-state index contributed by atoms with van der Waals surface area (Å²) in [6, 6.07) is 15.7. The Balaban J connectivity index is 1.35. The first kappa shape index (κ1) is 13.4. The molecular formula is C17H14N2O2S. The third-order valence-electron chi connectivity index (χ3n) is 3.37. The molecule has 22 heavy (non-hydrogen) atoms. The lowest BCUT2D eigenvalue weighted by atomic mass is 10.3. The Morgan fingerprint density at radius 3 is 2.23 bits per heavy atom. The second-order valence-electron chi connectivity index (χ2n) is 4.97. The van der Waals surface area contributed by atoms with Gasteiger partial charge < -0.3 is 8.83 Å². The van der Waals surface area contributed by atoms with E-state index < -0.39 is 0 Å². The van der Waals surface area contributed by atoms with Gasteiger partial charge >= 0.3 is 0 Å². The molecular weight excluding hydrogens is 296 g/mol. The summed E-state index contributed by atoms with van der Waals surface area (Å²) in [4.78, 5) is 8.93. The lowest BCUT2D eigenvalue weighted by molar-refractivity contribution is 0.488. The first-order valence-electron chi connectivity index (χ1n) is 7.21. The Labute approximate surface area is 131 Å². The molecule has 4 rings (SSSR count). The van der Waals surface area contributed by atoms with E-state index in [1.165, 1.54) is 0 Å². The molecule has 2 aromatic carbocycles. The van der Waals surface area contributed by atoms with Crippen molar-refractivity contribution in [3.8, 4) is 0 Å². The average Bonchev–Trinajstić information content (AvgIpc) is 3.14. The van der Waals surface area contributed by atoms with Gasteiger partial charge in [0, 0.05) is 12.2 Å². The van der Waals surface area contributed by atoms with Crippen molar-refractivity contribution in [2.75, 3.05) is 5.75 Å². The predicted molar refractivity (Wildman–Crippen MR) is 87.1 cm³/mol. The Kier molecular flexibility index (Phi) is 3.56. The highest BCUT2D eigenvalue weighted by Gasteiger charge is 2.07. The second-order valence-corrected chi connectivity index (χ2v) is 6.02. The highest BCUT2D eigenvalue weighted by Crippen LogP contribution is 2.24. The van der Waals surface area contributed by atoms with Crippen molar-refractivity contribution in [2.45, 2.75) is 18.1 Å². The van der Waals surface area contributed by atoms with Crippen LogP contribution in [-0.2, 0) is 6.42 Å². The van der Waals surface area contributed by atoms with Crippen LogP contribution in [0.3, 0.4) is 0 Å².